The zero-order chi connectivity index (χ0) is 14.2. The molecule has 1 amide bonds. The fraction of sp³-hybridized carbons (Fsp3) is 0.600. The van der Waals surface area contributed by atoms with Crippen LogP contribution in [0.25, 0.3) is 0 Å². The molecule has 1 saturated heterocycles. The number of hydrogen-bond donors (Lipinski definition) is 2. The van der Waals surface area contributed by atoms with Gasteiger partial charge in [-0.15, -0.1) is 0 Å². The van der Waals surface area contributed by atoms with Crippen molar-refractivity contribution in [2.24, 2.45) is 0 Å². The minimum Gasteiger partial charge on any atom is -0.379 e. The Morgan fingerprint density at radius 2 is 2.30 bits per heavy atom. The van der Waals surface area contributed by atoms with Crippen LogP contribution in [-0.2, 0) is 10.2 Å². The van der Waals surface area contributed by atoms with Crippen molar-refractivity contribution in [3.05, 3.63) is 29.6 Å². The van der Waals surface area contributed by atoms with E-state index >= 15 is 0 Å². The maximum atomic E-state index is 12.2. The van der Waals surface area contributed by atoms with Crippen LogP contribution < -0.4 is 5.32 Å². The van der Waals surface area contributed by atoms with E-state index in [1.165, 1.54) is 5.56 Å². The van der Waals surface area contributed by atoms with Gasteiger partial charge in [0.15, 0.2) is 5.60 Å². The Bertz CT molecular complexity index is 522. The molecule has 0 bridgehead atoms. The maximum Gasteiger partial charge on any atom is 0.252 e. The summed E-state index contributed by atoms with van der Waals surface area (Å²) < 4.78 is 0. The Kier molecular flexibility index (Phi) is 3.50. The van der Waals surface area contributed by atoms with Gasteiger partial charge in [0.1, 0.15) is 0 Å². The van der Waals surface area contributed by atoms with E-state index in [4.69, 9.17) is 0 Å². The van der Waals surface area contributed by atoms with Crippen molar-refractivity contribution >= 4 is 17.7 Å². The number of rotatable bonds is 4. The van der Waals surface area contributed by atoms with Crippen molar-refractivity contribution in [2.75, 3.05) is 18.1 Å². The Balaban J connectivity index is 1.67. The molecule has 0 radical (unpaired) electrons. The van der Waals surface area contributed by atoms with Gasteiger partial charge in [-0.2, -0.15) is 11.8 Å². The molecule has 108 valence electrons. The summed E-state index contributed by atoms with van der Waals surface area (Å²) in [6, 6.07) is 4.00. The Hall–Kier alpha value is -1.07. The molecule has 2 heterocycles. The molecule has 1 unspecified atom stereocenters. The molecule has 1 aromatic rings. The van der Waals surface area contributed by atoms with Gasteiger partial charge in [0.2, 0.25) is 0 Å². The largest absolute Gasteiger partial charge is 0.379 e. The molecule has 1 aromatic heterocycles. The summed E-state index contributed by atoms with van der Waals surface area (Å²) in [7, 11) is 0. The van der Waals surface area contributed by atoms with E-state index in [-0.39, 0.29) is 11.3 Å². The number of aliphatic hydroxyl groups is 1. The van der Waals surface area contributed by atoms with Crippen LogP contribution in [-0.4, -0.2) is 39.6 Å². The predicted octanol–water partition coefficient (Wildman–Crippen LogP) is 1.41. The summed E-state index contributed by atoms with van der Waals surface area (Å²) in [5.74, 6) is 1.14. The number of amides is 1. The molecular formula is C15H20N2O2S. The van der Waals surface area contributed by atoms with Crippen molar-refractivity contribution in [2.45, 2.75) is 37.2 Å². The van der Waals surface area contributed by atoms with E-state index in [0.29, 0.717) is 18.7 Å². The zero-order valence-electron chi connectivity index (χ0n) is 11.7. The van der Waals surface area contributed by atoms with Crippen LogP contribution in [0.1, 0.15) is 30.5 Å². The first-order chi connectivity index (χ1) is 9.56. The van der Waals surface area contributed by atoms with Gasteiger partial charge in [-0.25, -0.2) is 0 Å². The topological polar surface area (TPSA) is 62.2 Å². The molecule has 2 aliphatic rings. The van der Waals surface area contributed by atoms with E-state index in [2.05, 4.69) is 23.3 Å². The molecule has 1 aliphatic heterocycles. The van der Waals surface area contributed by atoms with Crippen molar-refractivity contribution in [3.8, 4) is 0 Å². The lowest BCUT2D eigenvalue weighted by atomic mass is 9.96. The molecule has 0 spiro atoms. The number of aromatic nitrogens is 1. The van der Waals surface area contributed by atoms with E-state index in [9.17, 15) is 9.90 Å². The minimum absolute atomic E-state index is 0.0108. The lowest BCUT2D eigenvalue weighted by Crippen LogP contribution is -2.49. The third-order valence-corrected chi connectivity index (χ3v) is 5.55. The molecule has 4 nitrogen and oxygen atoms in total. The standard InChI is InChI=1S/C15H20N2O2S/c1-11-3-2-7-16-12(11)14(4-5-14)9-17-13(18)15(19)6-8-20-10-15/h2-3,7,19H,4-6,8-10H2,1H3,(H,17,18). The van der Waals surface area contributed by atoms with Crippen LogP contribution in [0, 0.1) is 6.92 Å². The number of thioether (sulfide) groups is 1. The molecule has 1 saturated carbocycles. The SMILES string of the molecule is Cc1cccnc1C1(CNC(=O)C2(O)CCSC2)CC1. The van der Waals surface area contributed by atoms with Crippen molar-refractivity contribution < 1.29 is 9.90 Å². The van der Waals surface area contributed by atoms with Crippen molar-refractivity contribution in [1.82, 2.24) is 10.3 Å². The number of nitrogens with zero attached hydrogens (tertiary/aromatic N) is 1. The quantitative estimate of drug-likeness (QED) is 0.881. The highest BCUT2D eigenvalue weighted by Crippen LogP contribution is 2.47. The van der Waals surface area contributed by atoms with Gasteiger partial charge in [0.25, 0.3) is 5.91 Å². The summed E-state index contributed by atoms with van der Waals surface area (Å²) in [5.41, 5.74) is 1.09. The Labute approximate surface area is 123 Å². The first kappa shape index (κ1) is 13.9. The number of carbonyl (C=O) groups excluding carboxylic acids is 1. The lowest BCUT2D eigenvalue weighted by Gasteiger charge is -2.23. The second-order valence-electron chi connectivity index (χ2n) is 5.97. The van der Waals surface area contributed by atoms with Crippen LogP contribution in [0.2, 0.25) is 0 Å². The summed E-state index contributed by atoms with van der Waals surface area (Å²) in [6.45, 7) is 2.64. The van der Waals surface area contributed by atoms with Crippen LogP contribution in [0.5, 0.6) is 0 Å². The normalized spacial score (nSPS) is 27.3. The monoisotopic (exact) mass is 292 g/mol. The van der Waals surface area contributed by atoms with E-state index in [1.807, 2.05) is 12.3 Å². The number of nitrogens with one attached hydrogen (secondary N) is 1. The Morgan fingerprint density at radius 1 is 1.50 bits per heavy atom. The highest BCUT2D eigenvalue weighted by atomic mass is 32.2. The van der Waals surface area contributed by atoms with Crippen molar-refractivity contribution in [1.29, 1.82) is 0 Å². The van der Waals surface area contributed by atoms with Gasteiger partial charge < -0.3 is 10.4 Å². The molecule has 2 N–H and O–H groups in total. The van der Waals surface area contributed by atoms with E-state index in [1.54, 1.807) is 11.8 Å². The second-order valence-corrected chi connectivity index (χ2v) is 7.07. The zero-order valence-corrected chi connectivity index (χ0v) is 12.5. The van der Waals surface area contributed by atoms with Gasteiger partial charge in [0, 0.05) is 23.9 Å². The number of aryl methyl sites for hydroxylation is 1. The molecule has 0 aromatic carbocycles. The predicted molar refractivity (Wildman–Crippen MR) is 79.8 cm³/mol. The summed E-state index contributed by atoms with van der Waals surface area (Å²) in [4.78, 5) is 16.7. The summed E-state index contributed by atoms with van der Waals surface area (Å²) in [6.07, 6.45) is 4.47. The molecule has 20 heavy (non-hydrogen) atoms. The average Bonchev–Trinajstić information content (AvgIpc) is 3.10. The summed E-state index contributed by atoms with van der Waals surface area (Å²) in [5, 5.41) is 13.2. The molecule has 3 rings (SSSR count). The fourth-order valence-electron chi connectivity index (χ4n) is 2.84. The second kappa shape index (κ2) is 5.04. The molecular weight excluding hydrogens is 272 g/mol. The first-order valence-corrected chi connectivity index (χ1v) is 8.22. The molecule has 1 atom stereocenters. The van der Waals surface area contributed by atoms with Gasteiger partial charge in [0.05, 0.1) is 5.69 Å². The third-order valence-electron chi connectivity index (χ3n) is 4.38. The first-order valence-electron chi connectivity index (χ1n) is 7.06. The molecule has 1 aliphatic carbocycles. The number of hydrogen-bond acceptors (Lipinski definition) is 4. The van der Waals surface area contributed by atoms with Crippen LogP contribution in [0.3, 0.4) is 0 Å². The number of pyridine rings is 1. The van der Waals surface area contributed by atoms with E-state index in [0.717, 1.165) is 24.3 Å². The van der Waals surface area contributed by atoms with Crippen LogP contribution >= 0.6 is 11.8 Å². The van der Waals surface area contributed by atoms with E-state index < -0.39 is 5.60 Å². The van der Waals surface area contributed by atoms with Gasteiger partial charge in [-0.05, 0) is 43.6 Å². The van der Waals surface area contributed by atoms with Gasteiger partial charge in [-0.3, -0.25) is 9.78 Å². The fourth-order valence-corrected chi connectivity index (χ4v) is 4.08. The third kappa shape index (κ3) is 2.44. The highest BCUT2D eigenvalue weighted by molar-refractivity contribution is 7.99. The van der Waals surface area contributed by atoms with Crippen LogP contribution in [0.15, 0.2) is 18.3 Å². The smallest absolute Gasteiger partial charge is 0.252 e. The molecule has 5 heteroatoms. The van der Waals surface area contributed by atoms with Crippen molar-refractivity contribution in [3.63, 3.8) is 0 Å². The Morgan fingerprint density at radius 3 is 2.90 bits per heavy atom. The van der Waals surface area contributed by atoms with Crippen LogP contribution in [0.4, 0.5) is 0 Å². The number of carbonyl (C=O) groups is 1. The average molecular weight is 292 g/mol. The lowest BCUT2D eigenvalue weighted by molar-refractivity contribution is -0.137. The van der Waals surface area contributed by atoms with Gasteiger partial charge in [-0.1, -0.05) is 6.07 Å². The minimum atomic E-state index is -1.17. The summed E-state index contributed by atoms with van der Waals surface area (Å²) >= 11 is 1.63. The van der Waals surface area contributed by atoms with Gasteiger partial charge >= 0.3 is 0 Å². The maximum absolute atomic E-state index is 12.2. The molecule has 2 fully saturated rings. The highest BCUT2D eigenvalue weighted by Gasteiger charge is 2.48.